The highest BCUT2D eigenvalue weighted by Gasteiger charge is 2.15. The molecule has 1 rings (SSSR count). The molecule has 3 nitrogen and oxygen atoms in total. The maximum Gasteiger partial charge on any atom is 0.0791 e. The Balaban J connectivity index is 2.00. The summed E-state index contributed by atoms with van der Waals surface area (Å²) in [5.41, 5.74) is 0. The molecule has 4 heteroatoms. The highest BCUT2D eigenvalue weighted by molar-refractivity contribution is 7.99. The fourth-order valence-electron chi connectivity index (χ4n) is 1.86. The molecule has 1 heterocycles. The third-order valence-electron chi connectivity index (χ3n) is 2.88. The molecular formula is C11H24N2OS. The van der Waals surface area contributed by atoms with Gasteiger partial charge in [0.25, 0.3) is 0 Å². The second-order valence-electron chi connectivity index (χ2n) is 4.37. The van der Waals surface area contributed by atoms with Gasteiger partial charge in [-0.15, -0.1) is 0 Å². The Kier molecular flexibility index (Phi) is 6.64. The lowest BCUT2D eigenvalue weighted by Crippen LogP contribution is -2.38. The van der Waals surface area contributed by atoms with Crippen molar-refractivity contribution in [1.82, 2.24) is 10.2 Å². The summed E-state index contributed by atoms with van der Waals surface area (Å²) in [6, 6.07) is 0. The summed E-state index contributed by atoms with van der Waals surface area (Å²) in [6.45, 7) is 7.07. The van der Waals surface area contributed by atoms with E-state index in [2.05, 4.69) is 23.4 Å². The molecule has 2 N–H and O–H groups in total. The van der Waals surface area contributed by atoms with Crippen LogP contribution in [0.1, 0.15) is 19.8 Å². The third-order valence-corrected chi connectivity index (χ3v) is 3.85. The molecule has 0 aliphatic carbocycles. The first-order chi connectivity index (χ1) is 7.22. The van der Waals surface area contributed by atoms with Gasteiger partial charge in [-0.05, 0) is 32.2 Å². The molecule has 0 aromatic rings. The Hall–Kier alpha value is 0.230. The molecular weight excluding hydrogens is 208 g/mol. The van der Waals surface area contributed by atoms with E-state index in [-0.39, 0.29) is 6.10 Å². The van der Waals surface area contributed by atoms with Gasteiger partial charge in [0.1, 0.15) is 0 Å². The van der Waals surface area contributed by atoms with Crippen molar-refractivity contribution in [2.45, 2.75) is 31.1 Å². The fraction of sp³-hybridized carbons (Fsp3) is 1.00. The second-order valence-corrected chi connectivity index (χ2v) is 5.64. The molecule has 90 valence electrons. The van der Waals surface area contributed by atoms with E-state index in [4.69, 9.17) is 0 Å². The first-order valence-electron chi connectivity index (χ1n) is 5.86. The zero-order valence-electron chi connectivity index (χ0n) is 9.91. The van der Waals surface area contributed by atoms with Crippen LogP contribution >= 0.6 is 11.8 Å². The molecule has 0 spiro atoms. The van der Waals surface area contributed by atoms with Crippen molar-refractivity contribution in [3.63, 3.8) is 0 Å². The van der Waals surface area contributed by atoms with Crippen LogP contribution in [0.15, 0.2) is 0 Å². The Bertz CT molecular complexity index is 163. The topological polar surface area (TPSA) is 35.5 Å². The maximum absolute atomic E-state index is 9.78. The van der Waals surface area contributed by atoms with E-state index in [1.807, 2.05) is 11.8 Å². The first-order valence-corrected chi connectivity index (χ1v) is 7.15. The van der Waals surface area contributed by atoms with Crippen LogP contribution in [0.2, 0.25) is 0 Å². The Morgan fingerprint density at radius 3 is 2.60 bits per heavy atom. The quantitative estimate of drug-likeness (QED) is 0.680. The summed E-state index contributed by atoms with van der Waals surface area (Å²) in [7, 11) is 0. The van der Waals surface area contributed by atoms with E-state index in [0.29, 0.717) is 5.25 Å². The predicted octanol–water partition coefficient (Wildman–Crippen LogP) is 0.784. The van der Waals surface area contributed by atoms with Crippen LogP contribution in [0.5, 0.6) is 0 Å². The van der Waals surface area contributed by atoms with Crippen molar-refractivity contribution >= 4 is 11.8 Å². The van der Waals surface area contributed by atoms with Gasteiger partial charge in [0, 0.05) is 24.9 Å². The normalized spacial score (nSPS) is 21.8. The number of aliphatic hydroxyl groups excluding tert-OH is 1. The predicted molar refractivity (Wildman–Crippen MR) is 67.5 cm³/mol. The molecule has 0 saturated carbocycles. The molecule has 1 saturated heterocycles. The van der Waals surface area contributed by atoms with Gasteiger partial charge in [-0.2, -0.15) is 11.8 Å². The van der Waals surface area contributed by atoms with Crippen LogP contribution in [0.25, 0.3) is 0 Å². The summed E-state index contributed by atoms with van der Waals surface area (Å²) in [6.07, 6.45) is 4.50. The minimum absolute atomic E-state index is 0.211. The van der Waals surface area contributed by atoms with Crippen molar-refractivity contribution < 1.29 is 5.11 Å². The van der Waals surface area contributed by atoms with Gasteiger partial charge < -0.3 is 15.3 Å². The highest BCUT2D eigenvalue weighted by Crippen LogP contribution is 2.07. The standard InChI is InChI=1S/C11H24N2OS/c1-10(15-2)7-12-8-11(14)9-13-5-3-4-6-13/h10-12,14H,3-9H2,1-2H3. The second kappa shape index (κ2) is 7.49. The summed E-state index contributed by atoms with van der Waals surface area (Å²) in [5, 5.41) is 13.7. The zero-order chi connectivity index (χ0) is 11.1. The van der Waals surface area contributed by atoms with Gasteiger partial charge >= 0.3 is 0 Å². The lowest BCUT2D eigenvalue weighted by molar-refractivity contribution is 0.124. The Morgan fingerprint density at radius 2 is 2.00 bits per heavy atom. The monoisotopic (exact) mass is 232 g/mol. The smallest absolute Gasteiger partial charge is 0.0791 e. The molecule has 0 aromatic carbocycles. The van der Waals surface area contributed by atoms with Crippen LogP contribution < -0.4 is 5.32 Å². The van der Waals surface area contributed by atoms with Crippen molar-refractivity contribution in [1.29, 1.82) is 0 Å². The number of thioether (sulfide) groups is 1. The molecule has 0 bridgehead atoms. The van der Waals surface area contributed by atoms with Crippen molar-refractivity contribution in [2.24, 2.45) is 0 Å². The minimum atomic E-state index is -0.211. The summed E-state index contributed by atoms with van der Waals surface area (Å²) in [4.78, 5) is 2.35. The van der Waals surface area contributed by atoms with Gasteiger partial charge in [-0.1, -0.05) is 6.92 Å². The van der Waals surface area contributed by atoms with Crippen LogP contribution in [0.3, 0.4) is 0 Å². The lowest BCUT2D eigenvalue weighted by Gasteiger charge is -2.20. The molecule has 0 amide bonds. The molecule has 1 aliphatic rings. The number of hydrogen-bond acceptors (Lipinski definition) is 4. The van der Waals surface area contributed by atoms with Gasteiger partial charge in [0.15, 0.2) is 0 Å². The number of aliphatic hydroxyl groups is 1. The van der Waals surface area contributed by atoms with E-state index in [0.717, 1.165) is 32.7 Å². The van der Waals surface area contributed by atoms with Crippen molar-refractivity contribution in [3.05, 3.63) is 0 Å². The number of nitrogens with zero attached hydrogens (tertiary/aromatic N) is 1. The van der Waals surface area contributed by atoms with Gasteiger partial charge in [0.05, 0.1) is 6.10 Å². The van der Waals surface area contributed by atoms with E-state index in [1.54, 1.807) is 0 Å². The number of hydrogen-bond donors (Lipinski definition) is 2. The first kappa shape index (κ1) is 13.3. The minimum Gasteiger partial charge on any atom is -0.390 e. The lowest BCUT2D eigenvalue weighted by atomic mass is 10.3. The van der Waals surface area contributed by atoms with Crippen LogP contribution in [0.4, 0.5) is 0 Å². The van der Waals surface area contributed by atoms with Crippen LogP contribution in [0, 0.1) is 0 Å². The van der Waals surface area contributed by atoms with Crippen molar-refractivity contribution in [3.8, 4) is 0 Å². The van der Waals surface area contributed by atoms with E-state index in [1.165, 1.54) is 12.8 Å². The van der Waals surface area contributed by atoms with Gasteiger partial charge in [0.2, 0.25) is 0 Å². The number of rotatable bonds is 7. The molecule has 0 radical (unpaired) electrons. The van der Waals surface area contributed by atoms with E-state index < -0.39 is 0 Å². The van der Waals surface area contributed by atoms with E-state index in [9.17, 15) is 5.11 Å². The molecule has 2 atom stereocenters. The molecule has 1 aliphatic heterocycles. The Labute approximate surface area is 97.6 Å². The Morgan fingerprint density at radius 1 is 1.33 bits per heavy atom. The molecule has 1 fully saturated rings. The SMILES string of the molecule is CSC(C)CNCC(O)CN1CCCC1. The molecule has 0 aromatic heterocycles. The van der Waals surface area contributed by atoms with Crippen LogP contribution in [-0.2, 0) is 0 Å². The maximum atomic E-state index is 9.78. The molecule has 15 heavy (non-hydrogen) atoms. The number of likely N-dealkylation sites (tertiary alicyclic amines) is 1. The van der Waals surface area contributed by atoms with Crippen molar-refractivity contribution in [2.75, 3.05) is 39.0 Å². The third kappa shape index (κ3) is 5.76. The highest BCUT2D eigenvalue weighted by atomic mass is 32.2. The molecule has 2 unspecified atom stereocenters. The average Bonchev–Trinajstić information content (AvgIpc) is 2.70. The largest absolute Gasteiger partial charge is 0.390 e. The number of nitrogens with one attached hydrogen (secondary N) is 1. The average molecular weight is 232 g/mol. The summed E-state index contributed by atoms with van der Waals surface area (Å²) < 4.78 is 0. The fourth-order valence-corrected chi connectivity index (χ4v) is 2.15. The van der Waals surface area contributed by atoms with Gasteiger partial charge in [-0.3, -0.25) is 0 Å². The summed E-state index contributed by atoms with van der Waals surface area (Å²) >= 11 is 1.85. The summed E-state index contributed by atoms with van der Waals surface area (Å²) in [5.74, 6) is 0. The number of β-amino-alcohol motifs (C(OH)–C–C–N with tert-alkyl or cyclic N) is 1. The van der Waals surface area contributed by atoms with Gasteiger partial charge in [-0.25, -0.2) is 0 Å². The van der Waals surface area contributed by atoms with E-state index >= 15 is 0 Å². The zero-order valence-corrected chi connectivity index (χ0v) is 10.7. The van der Waals surface area contributed by atoms with Crippen LogP contribution in [-0.4, -0.2) is 60.3 Å².